The molecule has 7 nitrogen and oxygen atoms in total. The van der Waals surface area contributed by atoms with E-state index in [2.05, 4.69) is 36.0 Å². The number of hydrogen-bond donors (Lipinski definition) is 1. The third-order valence-corrected chi connectivity index (χ3v) is 6.14. The van der Waals surface area contributed by atoms with Crippen LogP contribution in [0.1, 0.15) is 38.1 Å². The normalized spacial score (nSPS) is 17.0. The van der Waals surface area contributed by atoms with Crippen LogP contribution in [0, 0.1) is 0 Å². The second kappa shape index (κ2) is 8.80. The monoisotopic (exact) mass is 411 g/mol. The Morgan fingerprint density at radius 1 is 1.21 bits per heavy atom. The molecule has 0 radical (unpaired) electrons. The first-order valence-electron chi connectivity index (χ1n) is 9.63. The van der Waals surface area contributed by atoms with E-state index in [0.717, 1.165) is 32.4 Å². The van der Waals surface area contributed by atoms with Gasteiger partial charge in [-0.3, -0.25) is 9.69 Å². The number of amides is 1. The van der Waals surface area contributed by atoms with Crippen molar-refractivity contribution in [3.63, 3.8) is 0 Å². The Labute approximate surface area is 169 Å². The summed E-state index contributed by atoms with van der Waals surface area (Å²) < 4.78 is 29.5. The molecule has 8 heteroatoms. The minimum absolute atomic E-state index is 0.104. The zero-order valence-electron chi connectivity index (χ0n) is 17.8. The molecule has 0 aliphatic carbocycles. The van der Waals surface area contributed by atoms with Crippen LogP contribution in [0.25, 0.3) is 0 Å². The highest BCUT2D eigenvalue weighted by atomic mass is 32.2. The van der Waals surface area contributed by atoms with Crippen LogP contribution >= 0.6 is 0 Å². The van der Waals surface area contributed by atoms with Crippen molar-refractivity contribution >= 4 is 15.7 Å². The summed E-state index contributed by atoms with van der Waals surface area (Å²) in [5.41, 5.74) is 0.0375. The average Bonchev–Trinajstić information content (AvgIpc) is 2.59. The lowest BCUT2D eigenvalue weighted by Gasteiger charge is -2.43. The Bertz CT molecular complexity index is 798. The Balaban J connectivity index is 2.17. The fourth-order valence-electron chi connectivity index (χ4n) is 3.19. The van der Waals surface area contributed by atoms with Crippen molar-refractivity contribution in [2.45, 2.75) is 44.2 Å². The van der Waals surface area contributed by atoms with Gasteiger partial charge in [0.25, 0.3) is 5.91 Å². The molecule has 2 rings (SSSR count). The Morgan fingerprint density at radius 2 is 1.82 bits per heavy atom. The molecular formula is C20H33N3O4S. The van der Waals surface area contributed by atoms with Gasteiger partial charge in [-0.05, 0) is 52.9 Å². The number of nitrogens with zero attached hydrogens (tertiary/aromatic N) is 2. The molecule has 158 valence electrons. The summed E-state index contributed by atoms with van der Waals surface area (Å²) in [6.45, 7) is 12.3. The van der Waals surface area contributed by atoms with Crippen molar-refractivity contribution in [1.82, 2.24) is 15.1 Å². The van der Waals surface area contributed by atoms with Crippen molar-refractivity contribution in [3.8, 4) is 5.75 Å². The quantitative estimate of drug-likeness (QED) is 0.735. The fraction of sp³-hybridized carbons (Fsp3) is 0.650. The first kappa shape index (κ1) is 22.6. The predicted octanol–water partition coefficient (Wildman–Crippen LogP) is 1.63. The molecule has 0 aromatic heterocycles. The summed E-state index contributed by atoms with van der Waals surface area (Å²) in [5.74, 6) is 0.0562. The molecule has 1 aromatic rings. The number of hydrogen-bond acceptors (Lipinski definition) is 6. The summed E-state index contributed by atoms with van der Waals surface area (Å²) in [6, 6.07) is 4.42. The van der Waals surface area contributed by atoms with Crippen LogP contribution in [0.4, 0.5) is 0 Å². The Hall–Kier alpha value is -1.64. The van der Waals surface area contributed by atoms with Crippen LogP contribution in [0.5, 0.6) is 5.75 Å². The first-order valence-corrected chi connectivity index (χ1v) is 11.5. The number of carbonyl (C=O) groups is 1. The summed E-state index contributed by atoms with van der Waals surface area (Å²) in [4.78, 5) is 17.7. The van der Waals surface area contributed by atoms with Gasteiger partial charge in [-0.1, -0.05) is 0 Å². The molecule has 0 spiro atoms. The predicted molar refractivity (Wildman–Crippen MR) is 111 cm³/mol. The second-order valence-electron chi connectivity index (χ2n) is 8.38. The summed E-state index contributed by atoms with van der Waals surface area (Å²) in [5, 5.41) is 2.97. The molecule has 1 aliphatic rings. The van der Waals surface area contributed by atoms with E-state index in [9.17, 15) is 13.2 Å². The highest BCUT2D eigenvalue weighted by molar-refractivity contribution is 7.90. The largest absolute Gasteiger partial charge is 0.490 e. The van der Waals surface area contributed by atoms with Gasteiger partial charge in [-0.15, -0.1) is 0 Å². The summed E-state index contributed by atoms with van der Waals surface area (Å²) >= 11 is 0. The SMILES string of the molecule is CC(C)Oc1ccc(S(C)(=O)=O)cc1C(=O)NCC(C)(C)N1CCN(C)CC1. The topological polar surface area (TPSA) is 78.9 Å². The van der Waals surface area contributed by atoms with Gasteiger partial charge in [-0.25, -0.2) is 8.42 Å². The highest BCUT2D eigenvalue weighted by Gasteiger charge is 2.30. The third kappa shape index (κ3) is 5.93. The van der Waals surface area contributed by atoms with Crippen molar-refractivity contribution in [3.05, 3.63) is 23.8 Å². The highest BCUT2D eigenvalue weighted by Crippen LogP contribution is 2.24. The average molecular weight is 412 g/mol. The molecule has 0 saturated carbocycles. The zero-order chi connectivity index (χ0) is 21.1. The van der Waals surface area contributed by atoms with Crippen LogP contribution in [-0.2, 0) is 9.84 Å². The number of benzene rings is 1. The molecule has 28 heavy (non-hydrogen) atoms. The van der Waals surface area contributed by atoms with Gasteiger partial charge in [0.1, 0.15) is 5.75 Å². The van der Waals surface area contributed by atoms with E-state index in [4.69, 9.17) is 4.74 Å². The number of likely N-dealkylation sites (N-methyl/N-ethyl adjacent to an activating group) is 1. The van der Waals surface area contributed by atoms with Crippen LogP contribution in [0.15, 0.2) is 23.1 Å². The molecule has 1 N–H and O–H groups in total. The van der Waals surface area contributed by atoms with E-state index in [1.54, 1.807) is 6.07 Å². The minimum Gasteiger partial charge on any atom is -0.490 e. The van der Waals surface area contributed by atoms with Gasteiger partial charge >= 0.3 is 0 Å². The van der Waals surface area contributed by atoms with Gasteiger partial charge in [0, 0.05) is 44.5 Å². The maximum absolute atomic E-state index is 12.9. The maximum Gasteiger partial charge on any atom is 0.255 e. The molecule has 0 atom stereocenters. The van der Waals surface area contributed by atoms with E-state index in [-0.39, 0.29) is 28.0 Å². The van der Waals surface area contributed by atoms with Gasteiger partial charge in [0.2, 0.25) is 0 Å². The van der Waals surface area contributed by atoms with E-state index >= 15 is 0 Å². The number of sulfone groups is 1. The lowest BCUT2D eigenvalue weighted by Crippen LogP contribution is -2.57. The molecule has 0 unspecified atom stereocenters. The van der Waals surface area contributed by atoms with Crippen LogP contribution in [0.2, 0.25) is 0 Å². The third-order valence-electron chi connectivity index (χ3n) is 5.03. The van der Waals surface area contributed by atoms with E-state index in [1.165, 1.54) is 12.1 Å². The summed E-state index contributed by atoms with van der Waals surface area (Å²) in [6.07, 6.45) is 1.00. The van der Waals surface area contributed by atoms with E-state index < -0.39 is 9.84 Å². The Morgan fingerprint density at radius 3 is 2.36 bits per heavy atom. The molecule has 1 amide bonds. The van der Waals surface area contributed by atoms with Crippen LogP contribution in [-0.4, -0.2) is 81.8 Å². The van der Waals surface area contributed by atoms with Crippen molar-refractivity contribution in [1.29, 1.82) is 0 Å². The summed E-state index contributed by atoms with van der Waals surface area (Å²) in [7, 11) is -1.31. The smallest absolute Gasteiger partial charge is 0.255 e. The van der Waals surface area contributed by atoms with Crippen LogP contribution in [0.3, 0.4) is 0 Å². The van der Waals surface area contributed by atoms with Crippen molar-refractivity contribution in [2.24, 2.45) is 0 Å². The molecule has 1 aromatic carbocycles. The number of ether oxygens (including phenoxy) is 1. The number of nitrogens with one attached hydrogen (secondary N) is 1. The van der Waals surface area contributed by atoms with Crippen LogP contribution < -0.4 is 10.1 Å². The van der Waals surface area contributed by atoms with Gasteiger partial charge < -0.3 is 15.0 Å². The first-order chi connectivity index (χ1) is 12.9. The standard InChI is InChI=1S/C20H33N3O4S/c1-15(2)27-18-8-7-16(28(6,25)26)13-17(18)19(24)21-14-20(3,4)23-11-9-22(5)10-12-23/h7-8,13,15H,9-12,14H2,1-6H3,(H,21,24). The number of piperazine rings is 1. The fourth-order valence-corrected chi connectivity index (χ4v) is 3.84. The van der Waals surface area contributed by atoms with Gasteiger partial charge in [0.15, 0.2) is 9.84 Å². The molecule has 1 heterocycles. The molecule has 0 bridgehead atoms. The molecule has 1 saturated heterocycles. The zero-order valence-corrected chi connectivity index (χ0v) is 18.6. The molecular weight excluding hydrogens is 378 g/mol. The lowest BCUT2D eigenvalue weighted by atomic mass is 10.0. The molecule has 1 fully saturated rings. The van der Waals surface area contributed by atoms with E-state index in [0.29, 0.717) is 12.3 Å². The second-order valence-corrected chi connectivity index (χ2v) is 10.4. The Kier molecular flexibility index (Phi) is 7.12. The number of carbonyl (C=O) groups excluding carboxylic acids is 1. The van der Waals surface area contributed by atoms with Gasteiger partial charge in [0.05, 0.1) is 16.6 Å². The van der Waals surface area contributed by atoms with E-state index in [1.807, 2.05) is 13.8 Å². The number of rotatable bonds is 7. The van der Waals surface area contributed by atoms with Crippen molar-refractivity contribution in [2.75, 3.05) is 46.0 Å². The maximum atomic E-state index is 12.9. The van der Waals surface area contributed by atoms with Gasteiger partial charge in [-0.2, -0.15) is 0 Å². The lowest BCUT2D eigenvalue weighted by molar-refractivity contribution is 0.0587. The molecule has 1 aliphatic heterocycles. The van der Waals surface area contributed by atoms with Crippen molar-refractivity contribution < 1.29 is 17.9 Å². The minimum atomic E-state index is -3.42.